The number of rotatable bonds is 6. The normalized spacial score (nSPS) is 11.3. The van der Waals surface area contributed by atoms with Crippen LogP contribution < -0.4 is 20.5 Å². The lowest BCUT2D eigenvalue weighted by atomic mass is 10.3. The molecule has 0 bridgehead atoms. The number of nitrogens with one attached hydrogen (secondary N) is 2. The molecule has 0 amide bonds. The van der Waals surface area contributed by atoms with Crippen molar-refractivity contribution in [1.29, 1.82) is 0 Å². The van der Waals surface area contributed by atoms with Crippen LogP contribution in [0.3, 0.4) is 0 Å². The molecule has 0 saturated carbocycles. The summed E-state index contributed by atoms with van der Waals surface area (Å²) in [7, 11) is -2.44. The third kappa shape index (κ3) is 4.47. The average molecular weight is 456 g/mol. The Bertz CT molecular complexity index is 1380. The number of hydrogen-bond acceptors (Lipinski definition) is 7. The molecule has 0 saturated heterocycles. The highest BCUT2D eigenvalue weighted by molar-refractivity contribution is 7.92. The molecule has 0 spiro atoms. The highest BCUT2D eigenvalue weighted by atomic mass is 35.5. The number of fused-ring (bicyclic) bond motifs is 1. The van der Waals surface area contributed by atoms with E-state index in [0.29, 0.717) is 33.2 Å². The van der Waals surface area contributed by atoms with E-state index in [1.54, 1.807) is 48.5 Å². The van der Waals surface area contributed by atoms with Gasteiger partial charge in [0.1, 0.15) is 5.75 Å². The monoisotopic (exact) mass is 455 g/mol. The summed E-state index contributed by atoms with van der Waals surface area (Å²) in [5, 5.41) is 3.46. The minimum Gasteiger partial charge on any atom is -0.497 e. The van der Waals surface area contributed by atoms with Gasteiger partial charge in [-0.1, -0.05) is 29.8 Å². The Labute approximate surface area is 184 Å². The van der Waals surface area contributed by atoms with Crippen molar-refractivity contribution in [3.63, 3.8) is 0 Å². The molecule has 10 heteroatoms. The lowest BCUT2D eigenvalue weighted by Crippen LogP contribution is -2.16. The van der Waals surface area contributed by atoms with E-state index < -0.39 is 10.0 Å². The largest absolute Gasteiger partial charge is 0.497 e. The van der Waals surface area contributed by atoms with E-state index in [-0.39, 0.29) is 16.5 Å². The van der Waals surface area contributed by atoms with E-state index in [2.05, 4.69) is 20.0 Å². The molecule has 0 atom stereocenters. The van der Waals surface area contributed by atoms with Gasteiger partial charge >= 0.3 is 0 Å². The molecule has 0 aliphatic rings. The van der Waals surface area contributed by atoms with Crippen LogP contribution in [0.4, 0.5) is 23.0 Å². The average Bonchev–Trinajstić information content (AvgIpc) is 2.75. The zero-order valence-corrected chi connectivity index (χ0v) is 17.9. The molecule has 0 radical (unpaired) electrons. The maximum absolute atomic E-state index is 13.0. The van der Waals surface area contributed by atoms with Crippen LogP contribution in [0.2, 0.25) is 5.02 Å². The third-order valence-electron chi connectivity index (χ3n) is 4.40. The fraction of sp³-hybridized carbons (Fsp3) is 0.0476. The van der Waals surface area contributed by atoms with Gasteiger partial charge in [-0.3, -0.25) is 4.72 Å². The van der Waals surface area contributed by atoms with Crippen LogP contribution in [0.25, 0.3) is 11.0 Å². The Hall–Kier alpha value is -3.56. The van der Waals surface area contributed by atoms with E-state index in [1.165, 1.54) is 19.2 Å². The molecule has 4 rings (SSSR count). The number of benzene rings is 3. The number of hydrogen-bond donors (Lipinski definition) is 3. The second-order valence-electron chi connectivity index (χ2n) is 6.56. The predicted molar refractivity (Wildman–Crippen MR) is 122 cm³/mol. The molecule has 3 aromatic carbocycles. The van der Waals surface area contributed by atoms with Crippen molar-refractivity contribution in [1.82, 2.24) is 9.97 Å². The fourth-order valence-electron chi connectivity index (χ4n) is 2.88. The lowest BCUT2D eigenvalue weighted by Gasteiger charge is -2.15. The smallest absolute Gasteiger partial charge is 0.263 e. The van der Waals surface area contributed by atoms with E-state index in [9.17, 15) is 8.42 Å². The van der Waals surface area contributed by atoms with Crippen molar-refractivity contribution in [2.24, 2.45) is 0 Å². The number of nitrogen functional groups attached to an aromatic ring is 1. The van der Waals surface area contributed by atoms with Crippen LogP contribution in [0.15, 0.2) is 71.6 Å². The highest BCUT2D eigenvalue weighted by Gasteiger charge is 2.20. The maximum Gasteiger partial charge on any atom is 0.263 e. The van der Waals surface area contributed by atoms with Crippen LogP contribution in [0.1, 0.15) is 0 Å². The van der Waals surface area contributed by atoms with Crippen molar-refractivity contribution >= 4 is 55.7 Å². The number of ether oxygens (including phenoxy) is 1. The van der Waals surface area contributed by atoms with E-state index >= 15 is 0 Å². The van der Waals surface area contributed by atoms with Crippen molar-refractivity contribution in [3.05, 3.63) is 71.8 Å². The highest BCUT2D eigenvalue weighted by Crippen LogP contribution is 2.32. The first-order valence-electron chi connectivity index (χ1n) is 9.11. The fourth-order valence-corrected chi connectivity index (χ4v) is 4.11. The van der Waals surface area contributed by atoms with Crippen molar-refractivity contribution in [2.45, 2.75) is 4.90 Å². The van der Waals surface area contributed by atoms with Crippen molar-refractivity contribution in [2.75, 3.05) is 22.9 Å². The Kier molecular flexibility index (Phi) is 5.53. The van der Waals surface area contributed by atoms with Crippen LogP contribution in [-0.4, -0.2) is 25.5 Å². The first-order valence-corrected chi connectivity index (χ1v) is 11.0. The molecular weight excluding hydrogens is 438 g/mol. The molecule has 1 heterocycles. The Morgan fingerprint density at radius 1 is 0.935 bits per heavy atom. The Morgan fingerprint density at radius 2 is 1.65 bits per heavy atom. The first-order chi connectivity index (χ1) is 14.9. The lowest BCUT2D eigenvalue weighted by molar-refractivity contribution is 0.415. The zero-order valence-electron chi connectivity index (χ0n) is 16.3. The summed E-state index contributed by atoms with van der Waals surface area (Å²) in [5.41, 5.74) is 7.65. The van der Waals surface area contributed by atoms with Gasteiger partial charge in [0.15, 0.2) is 11.6 Å². The number of methoxy groups -OCH3 is 1. The van der Waals surface area contributed by atoms with Crippen LogP contribution in [0, 0.1) is 0 Å². The number of nitrogens with two attached hydrogens (primary N) is 1. The van der Waals surface area contributed by atoms with Gasteiger partial charge in [0.2, 0.25) is 0 Å². The zero-order chi connectivity index (χ0) is 22.0. The molecule has 158 valence electrons. The number of para-hydroxylation sites is 2. The van der Waals surface area contributed by atoms with Gasteiger partial charge < -0.3 is 15.8 Å². The van der Waals surface area contributed by atoms with Gasteiger partial charge in [0, 0.05) is 11.8 Å². The van der Waals surface area contributed by atoms with Gasteiger partial charge in [0.25, 0.3) is 10.0 Å². The van der Waals surface area contributed by atoms with Gasteiger partial charge in [-0.15, -0.1) is 0 Å². The molecule has 31 heavy (non-hydrogen) atoms. The van der Waals surface area contributed by atoms with Gasteiger partial charge in [-0.25, -0.2) is 18.4 Å². The second-order valence-corrected chi connectivity index (χ2v) is 8.65. The summed E-state index contributed by atoms with van der Waals surface area (Å²) in [6.45, 7) is 0. The molecule has 0 unspecified atom stereocenters. The molecular formula is C21H18ClN5O3S. The summed E-state index contributed by atoms with van der Waals surface area (Å²) in [6, 6.07) is 18.1. The summed E-state index contributed by atoms with van der Waals surface area (Å²) in [6.07, 6.45) is 0. The topological polar surface area (TPSA) is 119 Å². The van der Waals surface area contributed by atoms with Crippen LogP contribution in [-0.2, 0) is 10.0 Å². The number of sulfonamides is 1. The maximum atomic E-state index is 13.0. The number of nitrogens with zero attached hydrogens (tertiary/aromatic N) is 2. The molecule has 8 nitrogen and oxygen atoms in total. The molecule has 4 aromatic rings. The molecule has 4 N–H and O–H groups in total. The summed E-state index contributed by atoms with van der Waals surface area (Å²) < 4.78 is 33.6. The number of anilines is 4. The summed E-state index contributed by atoms with van der Waals surface area (Å²) in [5.74, 6) is 0.767. The van der Waals surface area contributed by atoms with Gasteiger partial charge in [-0.2, -0.15) is 0 Å². The van der Waals surface area contributed by atoms with Crippen LogP contribution in [0.5, 0.6) is 5.75 Å². The quantitative estimate of drug-likeness (QED) is 0.368. The molecule has 0 fully saturated rings. The molecule has 1 aromatic heterocycles. The number of aromatic nitrogens is 2. The first kappa shape index (κ1) is 20.7. The van der Waals surface area contributed by atoms with Crippen LogP contribution >= 0.6 is 11.6 Å². The van der Waals surface area contributed by atoms with E-state index in [1.807, 2.05) is 6.07 Å². The minimum absolute atomic E-state index is 0.00724. The predicted octanol–water partition coefficient (Wildman–Crippen LogP) is 4.42. The standard InChI is InChI=1S/C21H18ClN5O3S/c1-30-14-9-10-16(22)19(12-14)26-20-21(25-18-8-3-2-7-17(18)24-20)27-31(28,29)15-6-4-5-13(23)11-15/h2-12H,23H2,1H3,(H,24,26)(H,25,27). The second kappa shape index (κ2) is 8.29. The van der Waals surface area contributed by atoms with Gasteiger partial charge in [-0.05, 0) is 42.5 Å². The van der Waals surface area contributed by atoms with Crippen molar-refractivity contribution < 1.29 is 13.2 Å². The van der Waals surface area contributed by atoms with Gasteiger partial charge in [0.05, 0.1) is 33.7 Å². The van der Waals surface area contributed by atoms with E-state index in [0.717, 1.165) is 0 Å². The third-order valence-corrected chi connectivity index (χ3v) is 6.06. The Morgan fingerprint density at radius 3 is 2.32 bits per heavy atom. The number of halogens is 1. The molecule has 0 aliphatic heterocycles. The summed E-state index contributed by atoms with van der Waals surface area (Å²) >= 11 is 6.30. The summed E-state index contributed by atoms with van der Waals surface area (Å²) in [4.78, 5) is 9.00. The molecule has 0 aliphatic carbocycles. The minimum atomic E-state index is -3.97. The van der Waals surface area contributed by atoms with Crippen molar-refractivity contribution in [3.8, 4) is 5.75 Å². The van der Waals surface area contributed by atoms with E-state index in [4.69, 9.17) is 22.1 Å². The SMILES string of the molecule is COc1ccc(Cl)c(Nc2nc3ccccc3nc2NS(=O)(=O)c2cccc(N)c2)c1. The Balaban J connectivity index is 1.80.